The molecular formula is C20H17NO6S2. The van der Waals surface area contributed by atoms with Gasteiger partial charge in [0.05, 0.1) is 11.5 Å². The van der Waals surface area contributed by atoms with Gasteiger partial charge >= 0.3 is 10.1 Å². The van der Waals surface area contributed by atoms with E-state index in [1.165, 1.54) is 18.2 Å². The van der Waals surface area contributed by atoms with E-state index in [2.05, 4.69) is 5.32 Å². The van der Waals surface area contributed by atoms with Gasteiger partial charge < -0.3 is 4.18 Å². The van der Waals surface area contributed by atoms with E-state index >= 15 is 0 Å². The second-order valence-electron chi connectivity index (χ2n) is 6.31. The van der Waals surface area contributed by atoms with E-state index in [1.807, 2.05) is 0 Å². The van der Waals surface area contributed by atoms with Crippen LogP contribution in [-0.2, 0) is 21.3 Å². The molecule has 9 heteroatoms. The number of carbonyl (C=O) groups excluding carboxylic acids is 3. The van der Waals surface area contributed by atoms with Crippen LogP contribution in [0.15, 0.2) is 54.6 Å². The fourth-order valence-electron chi connectivity index (χ4n) is 2.67. The van der Waals surface area contributed by atoms with Crippen LogP contribution in [0, 0.1) is 0 Å². The van der Waals surface area contributed by atoms with Crippen LogP contribution < -0.4 is 9.50 Å². The first kappa shape index (κ1) is 20.8. The van der Waals surface area contributed by atoms with Crippen molar-refractivity contribution in [3.05, 3.63) is 71.3 Å². The third-order valence-electron chi connectivity index (χ3n) is 4.00. The summed E-state index contributed by atoms with van der Waals surface area (Å²) in [4.78, 5) is 35.3. The van der Waals surface area contributed by atoms with Crippen LogP contribution in [0.1, 0.15) is 21.5 Å². The first-order valence-corrected chi connectivity index (χ1v) is 11.2. The maximum Gasteiger partial charge on any atom is 0.306 e. The number of rotatable bonds is 7. The molecule has 1 unspecified atom stereocenters. The van der Waals surface area contributed by atoms with Crippen molar-refractivity contribution >= 4 is 44.9 Å². The van der Waals surface area contributed by atoms with E-state index in [1.54, 1.807) is 42.5 Å². The molecule has 1 aliphatic rings. The van der Waals surface area contributed by atoms with Gasteiger partial charge in [0.2, 0.25) is 5.91 Å². The molecule has 29 heavy (non-hydrogen) atoms. The Labute approximate surface area is 172 Å². The number of allylic oxidation sites excluding steroid dienone is 1. The highest BCUT2D eigenvalue weighted by molar-refractivity contribution is 8.15. The molecule has 0 radical (unpaired) electrons. The molecule has 2 aromatic rings. The average Bonchev–Trinajstić information content (AvgIpc) is 2.97. The predicted molar refractivity (Wildman–Crippen MR) is 110 cm³/mol. The molecule has 0 saturated carbocycles. The third-order valence-corrected chi connectivity index (χ3v) is 5.46. The lowest BCUT2D eigenvalue weighted by Gasteiger charge is -2.06. The van der Waals surface area contributed by atoms with Crippen LogP contribution in [0.25, 0.3) is 6.08 Å². The fourth-order valence-corrected chi connectivity index (χ4v) is 4.00. The largest absolute Gasteiger partial charge is 0.382 e. The zero-order valence-electron chi connectivity index (χ0n) is 15.3. The van der Waals surface area contributed by atoms with Gasteiger partial charge in [-0.1, -0.05) is 54.2 Å². The first-order chi connectivity index (χ1) is 13.7. The van der Waals surface area contributed by atoms with E-state index in [4.69, 9.17) is 4.18 Å². The standard InChI is InChI=1S/C20H17NO6S2/c1-29(25,26)27-17-5-3-2-4-15(17)10-11-16(22)14-8-6-13(7-9-14)12-18-19(23)21-20(24)28-18/h2-11,18H,12H2,1H3,(H,21,23,24). The minimum atomic E-state index is -3.68. The Bertz CT molecular complexity index is 1090. The number of thioether (sulfide) groups is 1. The molecule has 1 fully saturated rings. The molecule has 2 amide bonds. The van der Waals surface area contributed by atoms with Crippen molar-refractivity contribution in [3.63, 3.8) is 0 Å². The van der Waals surface area contributed by atoms with Crippen molar-refractivity contribution in [1.82, 2.24) is 5.32 Å². The molecule has 1 N–H and O–H groups in total. The number of ketones is 1. The lowest BCUT2D eigenvalue weighted by molar-refractivity contribution is -0.118. The molecule has 1 saturated heterocycles. The summed E-state index contributed by atoms with van der Waals surface area (Å²) in [6, 6.07) is 13.2. The maximum absolute atomic E-state index is 12.4. The molecule has 150 valence electrons. The first-order valence-electron chi connectivity index (χ1n) is 8.52. The van der Waals surface area contributed by atoms with Crippen LogP contribution in [0.4, 0.5) is 4.79 Å². The SMILES string of the molecule is CS(=O)(=O)Oc1ccccc1C=CC(=O)c1ccc(CC2SC(=O)NC2=O)cc1. The average molecular weight is 431 g/mol. The van der Waals surface area contributed by atoms with Crippen LogP contribution >= 0.6 is 11.8 Å². The van der Waals surface area contributed by atoms with E-state index in [0.717, 1.165) is 23.6 Å². The molecule has 2 aromatic carbocycles. The Morgan fingerprint density at radius 1 is 1.14 bits per heavy atom. The molecule has 1 atom stereocenters. The number of para-hydroxylation sites is 1. The van der Waals surface area contributed by atoms with Crippen LogP contribution in [0.2, 0.25) is 0 Å². The summed E-state index contributed by atoms with van der Waals surface area (Å²) in [6.45, 7) is 0. The Morgan fingerprint density at radius 2 is 1.83 bits per heavy atom. The molecule has 0 bridgehead atoms. The molecule has 3 rings (SSSR count). The summed E-state index contributed by atoms with van der Waals surface area (Å²) in [5.74, 6) is -0.441. The molecule has 1 heterocycles. The highest BCUT2D eigenvalue weighted by Crippen LogP contribution is 2.24. The molecular weight excluding hydrogens is 414 g/mol. The normalized spacial score (nSPS) is 16.8. The lowest BCUT2D eigenvalue weighted by Crippen LogP contribution is -2.25. The predicted octanol–water partition coefficient (Wildman–Crippen LogP) is 2.82. The topological polar surface area (TPSA) is 107 Å². The van der Waals surface area contributed by atoms with Crippen molar-refractivity contribution in [2.24, 2.45) is 0 Å². The molecule has 7 nitrogen and oxygen atoms in total. The van der Waals surface area contributed by atoms with Crippen molar-refractivity contribution in [2.75, 3.05) is 6.26 Å². The Hall–Kier alpha value is -2.91. The summed E-state index contributed by atoms with van der Waals surface area (Å²) in [6.07, 6.45) is 4.16. The third kappa shape index (κ3) is 5.78. The summed E-state index contributed by atoms with van der Waals surface area (Å²) in [7, 11) is -3.68. The number of nitrogens with one attached hydrogen (secondary N) is 1. The number of carbonyl (C=O) groups is 3. The van der Waals surface area contributed by atoms with Crippen molar-refractivity contribution < 1.29 is 27.0 Å². The fraction of sp³-hybridized carbons (Fsp3) is 0.150. The molecule has 0 aliphatic carbocycles. The van der Waals surface area contributed by atoms with Gasteiger partial charge in [-0.05, 0) is 30.2 Å². The number of hydrogen-bond acceptors (Lipinski definition) is 7. The van der Waals surface area contributed by atoms with Gasteiger partial charge in [-0.15, -0.1) is 0 Å². The van der Waals surface area contributed by atoms with Gasteiger partial charge in [0.1, 0.15) is 5.75 Å². The zero-order valence-corrected chi connectivity index (χ0v) is 17.0. The summed E-state index contributed by atoms with van der Waals surface area (Å²) < 4.78 is 27.6. The van der Waals surface area contributed by atoms with Gasteiger partial charge in [-0.3, -0.25) is 19.7 Å². The molecule has 0 aromatic heterocycles. The maximum atomic E-state index is 12.4. The summed E-state index contributed by atoms with van der Waals surface area (Å²) in [5.41, 5.74) is 1.72. The number of amides is 2. The second kappa shape index (κ2) is 8.62. The second-order valence-corrected chi connectivity index (χ2v) is 9.06. The molecule has 1 aliphatic heterocycles. The van der Waals surface area contributed by atoms with Gasteiger partial charge in [0, 0.05) is 11.1 Å². The highest BCUT2D eigenvalue weighted by atomic mass is 32.2. The van der Waals surface area contributed by atoms with E-state index in [9.17, 15) is 22.8 Å². The van der Waals surface area contributed by atoms with Crippen LogP contribution in [0.5, 0.6) is 5.75 Å². The smallest absolute Gasteiger partial charge is 0.306 e. The van der Waals surface area contributed by atoms with Crippen molar-refractivity contribution in [3.8, 4) is 5.75 Å². The summed E-state index contributed by atoms with van der Waals surface area (Å²) in [5, 5.41) is 1.43. The highest BCUT2D eigenvalue weighted by Gasteiger charge is 2.31. The van der Waals surface area contributed by atoms with Gasteiger partial charge in [0.25, 0.3) is 5.24 Å². The van der Waals surface area contributed by atoms with Gasteiger partial charge in [-0.2, -0.15) is 8.42 Å². The Morgan fingerprint density at radius 3 is 2.45 bits per heavy atom. The minimum absolute atomic E-state index is 0.135. The Balaban J connectivity index is 1.69. The number of imide groups is 1. The lowest BCUT2D eigenvalue weighted by atomic mass is 10.0. The monoisotopic (exact) mass is 431 g/mol. The summed E-state index contributed by atoms with van der Waals surface area (Å²) >= 11 is 0.958. The minimum Gasteiger partial charge on any atom is -0.382 e. The van der Waals surface area contributed by atoms with E-state index in [-0.39, 0.29) is 22.7 Å². The van der Waals surface area contributed by atoms with Gasteiger partial charge in [-0.25, -0.2) is 0 Å². The number of benzene rings is 2. The van der Waals surface area contributed by atoms with Crippen molar-refractivity contribution in [2.45, 2.75) is 11.7 Å². The van der Waals surface area contributed by atoms with Crippen LogP contribution in [0.3, 0.4) is 0 Å². The molecule has 0 spiro atoms. The van der Waals surface area contributed by atoms with Crippen LogP contribution in [-0.4, -0.2) is 36.9 Å². The quantitative estimate of drug-likeness (QED) is 0.408. The van der Waals surface area contributed by atoms with Crippen molar-refractivity contribution in [1.29, 1.82) is 0 Å². The Kier molecular flexibility index (Phi) is 6.19. The van der Waals surface area contributed by atoms with Gasteiger partial charge in [0.15, 0.2) is 5.78 Å². The number of hydrogen-bond donors (Lipinski definition) is 1. The van der Waals surface area contributed by atoms with E-state index in [0.29, 0.717) is 17.5 Å². The zero-order chi connectivity index (χ0) is 21.0. The van der Waals surface area contributed by atoms with E-state index < -0.39 is 15.4 Å².